The van der Waals surface area contributed by atoms with Gasteiger partial charge in [0.1, 0.15) is 5.82 Å². The average Bonchev–Trinajstić information content (AvgIpc) is 3.68. The number of urea groups is 1. The topological polar surface area (TPSA) is 85.9 Å². The standard InChI is InChI=1S/C23H28N6O/c1-15(18-5-3-2-4-6-18)25-23(30)26-21-11-20-19(12-24-21)22(28-27-20)29(13-16-7-8-16)14-17-9-10-17/h2-6,11-12,15-17H,7-10,13-14H2,1H3,(H,27,28)(H2,24,25,26,30)/t15-/m1/s1. The van der Waals surface area contributed by atoms with E-state index in [1.165, 1.54) is 25.7 Å². The van der Waals surface area contributed by atoms with Gasteiger partial charge in [-0.3, -0.25) is 10.4 Å². The van der Waals surface area contributed by atoms with Crippen LogP contribution in [0.1, 0.15) is 44.2 Å². The first-order chi connectivity index (χ1) is 14.7. The third-order valence-corrected chi connectivity index (χ3v) is 5.97. The highest BCUT2D eigenvalue weighted by molar-refractivity contribution is 5.94. The minimum absolute atomic E-state index is 0.0907. The van der Waals surface area contributed by atoms with Crippen molar-refractivity contribution in [1.82, 2.24) is 20.5 Å². The SMILES string of the molecule is C[C@@H](NC(=O)Nc1cc2[nH]nc(N(CC3CC3)CC3CC3)c2cn1)c1ccccc1. The monoisotopic (exact) mass is 404 g/mol. The van der Waals surface area contributed by atoms with Crippen molar-refractivity contribution >= 4 is 28.6 Å². The first-order valence-electron chi connectivity index (χ1n) is 10.9. The van der Waals surface area contributed by atoms with Crippen molar-refractivity contribution in [1.29, 1.82) is 0 Å². The number of hydrogen-bond donors (Lipinski definition) is 3. The normalized spacial score (nSPS) is 17.0. The fourth-order valence-corrected chi connectivity index (χ4v) is 3.85. The van der Waals surface area contributed by atoms with E-state index in [0.29, 0.717) is 5.82 Å². The molecule has 2 heterocycles. The summed E-state index contributed by atoms with van der Waals surface area (Å²) >= 11 is 0. The van der Waals surface area contributed by atoms with Crippen LogP contribution in [0.4, 0.5) is 16.4 Å². The molecule has 2 fully saturated rings. The smallest absolute Gasteiger partial charge is 0.320 e. The Morgan fingerprint density at radius 2 is 1.87 bits per heavy atom. The lowest BCUT2D eigenvalue weighted by Gasteiger charge is -2.22. The highest BCUT2D eigenvalue weighted by Gasteiger charge is 2.31. The molecule has 2 aromatic heterocycles. The number of rotatable bonds is 8. The number of H-pyrrole nitrogens is 1. The number of aromatic nitrogens is 3. The zero-order valence-electron chi connectivity index (χ0n) is 17.3. The number of carbonyl (C=O) groups is 1. The molecule has 1 atom stereocenters. The lowest BCUT2D eigenvalue weighted by atomic mass is 10.1. The molecule has 7 nitrogen and oxygen atoms in total. The van der Waals surface area contributed by atoms with Crippen molar-refractivity contribution in [3.05, 3.63) is 48.2 Å². The van der Waals surface area contributed by atoms with Crippen LogP contribution in [0, 0.1) is 11.8 Å². The Labute approximate surface area is 176 Å². The van der Waals surface area contributed by atoms with Gasteiger partial charge in [-0.1, -0.05) is 30.3 Å². The summed E-state index contributed by atoms with van der Waals surface area (Å²) < 4.78 is 0. The van der Waals surface area contributed by atoms with E-state index in [0.717, 1.165) is 47.2 Å². The summed E-state index contributed by atoms with van der Waals surface area (Å²) in [5.41, 5.74) is 1.95. The molecule has 3 aromatic rings. The maximum absolute atomic E-state index is 12.4. The molecule has 2 saturated carbocycles. The molecular formula is C23H28N6O. The predicted molar refractivity (Wildman–Crippen MR) is 119 cm³/mol. The summed E-state index contributed by atoms with van der Waals surface area (Å²) in [6.45, 7) is 4.12. The van der Waals surface area contributed by atoms with Crippen molar-refractivity contribution in [2.24, 2.45) is 11.8 Å². The third-order valence-electron chi connectivity index (χ3n) is 5.97. The van der Waals surface area contributed by atoms with Gasteiger partial charge in [0.2, 0.25) is 0 Å². The minimum Gasteiger partial charge on any atom is -0.354 e. The number of fused-ring (bicyclic) bond motifs is 1. The van der Waals surface area contributed by atoms with Crippen LogP contribution in [0.3, 0.4) is 0 Å². The molecule has 3 N–H and O–H groups in total. The molecule has 2 aliphatic carbocycles. The van der Waals surface area contributed by atoms with Crippen molar-refractivity contribution in [2.75, 3.05) is 23.3 Å². The Morgan fingerprint density at radius 1 is 1.17 bits per heavy atom. The molecule has 156 valence electrons. The molecule has 5 rings (SSSR count). The van der Waals surface area contributed by atoms with Gasteiger partial charge in [0.05, 0.1) is 16.9 Å². The van der Waals surface area contributed by atoms with Gasteiger partial charge < -0.3 is 10.2 Å². The number of pyridine rings is 1. The van der Waals surface area contributed by atoms with Gasteiger partial charge in [0.25, 0.3) is 0 Å². The average molecular weight is 405 g/mol. The van der Waals surface area contributed by atoms with Crippen LogP contribution in [0.15, 0.2) is 42.6 Å². The number of anilines is 2. The summed E-state index contributed by atoms with van der Waals surface area (Å²) in [7, 11) is 0. The summed E-state index contributed by atoms with van der Waals surface area (Å²) in [6.07, 6.45) is 7.12. The second-order valence-electron chi connectivity index (χ2n) is 8.68. The lowest BCUT2D eigenvalue weighted by molar-refractivity contribution is 0.249. The maximum Gasteiger partial charge on any atom is 0.320 e. The van der Waals surface area contributed by atoms with E-state index in [-0.39, 0.29) is 12.1 Å². The molecule has 2 aliphatic rings. The first-order valence-corrected chi connectivity index (χ1v) is 10.9. The third kappa shape index (κ3) is 4.40. The van der Waals surface area contributed by atoms with E-state index in [4.69, 9.17) is 0 Å². The second-order valence-corrected chi connectivity index (χ2v) is 8.68. The minimum atomic E-state index is -0.276. The summed E-state index contributed by atoms with van der Waals surface area (Å²) in [5, 5.41) is 14.5. The lowest BCUT2D eigenvalue weighted by Crippen LogP contribution is -2.31. The Morgan fingerprint density at radius 3 is 2.53 bits per heavy atom. The van der Waals surface area contributed by atoms with E-state index in [9.17, 15) is 4.79 Å². The zero-order valence-corrected chi connectivity index (χ0v) is 17.3. The Balaban J connectivity index is 1.27. The van der Waals surface area contributed by atoms with E-state index < -0.39 is 0 Å². The predicted octanol–water partition coefficient (Wildman–Crippen LogP) is 4.47. The molecule has 2 amide bonds. The second kappa shape index (κ2) is 7.97. The largest absolute Gasteiger partial charge is 0.354 e. The number of hydrogen-bond acceptors (Lipinski definition) is 4. The highest BCUT2D eigenvalue weighted by Crippen LogP contribution is 2.37. The van der Waals surface area contributed by atoms with Crippen LogP contribution in [-0.4, -0.2) is 34.3 Å². The number of nitrogens with zero attached hydrogens (tertiary/aromatic N) is 3. The van der Waals surface area contributed by atoms with Crippen LogP contribution in [-0.2, 0) is 0 Å². The molecule has 1 aromatic carbocycles. The van der Waals surface area contributed by atoms with Crippen molar-refractivity contribution < 1.29 is 4.79 Å². The van der Waals surface area contributed by atoms with Gasteiger partial charge in [-0.05, 0) is 50.0 Å². The summed E-state index contributed by atoms with van der Waals surface area (Å²) in [4.78, 5) is 19.3. The van der Waals surface area contributed by atoms with Crippen molar-refractivity contribution in [3.63, 3.8) is 0 Å². The molecule has 0 radical (unpaired) electrons. The van der Waals surface area contributed by atoms with Gasteiger partial charge in [-0.2, -0.15) is 5.10 Å². The fraction of sp³-hybridized carbons (Fsp3) is 0.435. The summed E-state index contributed by atoms with van der Waals surface area (Å²) in [5.74, 6) is 3.11. The molecule has 7 heteroatoms. The molecular weight excluding hydrogens is 376 g/mol. The molecule has 0 saturated heterocycles. The fourth-order valence-electron chi connectivity index (χ4n) is 3.85. The van der Waals surface area contributed by atoms with Gasteiger partial charge in [0.15, 0.2) is 5.82 Å². The highest BCUT2D eigenvalue weighted by atomic mass is 16.2. The zero-order chi connectivity index (χ0) is 20.5. The van der Waals surface area contributed by atoms with Crippen LogP contribution < -0.4 is 15.5 Å². The Hall–Kier alpha value is -3.09. The van der Waals surface area contributed by atoms with Crippen LogP contribution in [0.25, 0.3) is 10.9 Å². The quantitative estimate of drug-likeness (QED) is 0.517. The van der Waals surface area contributed by atoms with Crippen molar-refractivity contribution in [2.45, 2.75) is 38.6 Å². The Bertz CT molecular complexity index is 1010. The van der Waals surface area contributed by atoms with Crippen LogP contribution in [0.2, 0.25) is 0 Å². The Kier molecular flexibility index (Phi) is 5.02. The molecule has 0 spiro atoms. The summed E-state index contributed by atoms with van der Waals surface area (Å²) in [6, 6.07) is 11.4. The molecule has 0 unspecified atom stereocenters. The van der Waals surface area contributed by atoms with Gasteiger partial charge >= 0.3 is 6.03 Å². The molecule has 0 aliphatic heterocycles. The van der Waals surface area contributed by atoms with Crippen molar-refractivity contribution in [3.8, 4) is 0 Å². The number of aromatic amines is 1. The van der Waals surface area contributed by atoms with E-state index in [1.807, 2.05) is 49.5 Å². The van der Waals surface area contributed by atoms with Gasteiger partial charge in [-0.15, -0.1) is 0 Å². The van der Waals surface area contributed by atoms with Crippen LogP contribution in [0.5, 0.6) is 0 Å². The van der Waals surface area contributed by atoms with E-state index in [1.54, 1.807) is 0 Å². The van der Waals surface area contributed by atoms with Gasteiger partial charge in [0, 0.05) is 25.4 Å². The number of nitrogens with one attached hydrogen (secondary N) is 3. The van der Waals surface area contributed by atoms with Crippen LogP contribution >= 0.6 is 0 Å². The van der Waals surface area contributed by atoms with Gasteiger partial charge in [-0.25, -0.2) is 9.78 Å². The number of amides is 2. The number of carbonyl (C=O) groups excluding carboxylic acids is 1. The van der Waals surface area contributed by atoms with E-state index >= 15 is 0 Å². The molecule has 30 heavy (non-hydrogen) atoms. The first kappa shape index (κ1) is 18.9. The molecule has 0 bridgehead atoms. The maximum atomic E-state index is 12.4. The van der Waals surface area contributed by atoms with E-state index in [2.05, 4.69) is 30.7 Å². The number of benzene rings is 1.